The minimum absolute atomic E-state index is 0.122. The largest absolute Gasteiger partial charge is 0.481 e. The lowest BCUT2D eigenvalue weighted by Gasteiger charge is -2.20. The van der Waals surface area contributed by atoms with E-state index >= 15 is 0 Å². The molecule has 3 unspecified atom stereocenters. The molecule has 0 aliphatic carbocycles. The monoisotopic (exact) mass is 272 g/mol. The van der Waals surface area contributed by atoms with E-state index in [1.165, 1.54) is 0 Å². The molecule has 2 amide bonds. The maximum Gasteiger partial charge on any atom is 0.317 e. The second-order valence-electron chi connectivity index (χ2n) is 5.25. The Bertz CT molecular complexity index is 320. The first-order chi connectivity index (χ1) is 8.95. The molecule has 0 aromatic rings. The number of nitrogens with one attached hydrogen (secondary N) is 1. The van der Waals surface area contributed by atoms with Crippen molar-refractivity contribution in [3.8, 4) is 0 Å². The Morgan fingerprint density at radius 3 is 2.63 bits per heavy atom. The average molecular weight is 272 g/mol. The summed E-state index contributed by atoms with van der Waals surface area (Å²) in [6.07, 6.45) is 1.72. The van der Waals surface area contributed by atoms with E-state index in [2.05, 4.69) is 5.32 Å². The van der Waals surface area contributed by atoms with Crippen molar-refractivity contribution in [2.45, 2.75) is 39.2 Å². The number of carboxylic acids is 1. The summed E-state index contributed by atoms with van der Waals surface area (Å²) >= 11 is 0. The number of urea groups is 1. The zero-order chi connectivity index (χ0) is 14.4. The number of likely N-dealkylation sites (tertiary alicyclic amines) is 1. The van der Waals surface area contributed by atoms with Crippen LogP contribution in [0.25, 0.3) is 0 Å². The molecular formula is C13H24N2O4. The molecule has 3 N–H and O–H groups in total. The molecule has 0 bridgehead atoms. The van der Waals surface area contributed by atoms with Gasteiger partial charge in [0.15, 0.2) is 0 Å². The van der Waals surface area contributed by atoms with Crippen molar-refractivity contribution < 1.29 is 19.8 Å². The molecule has 0 radical (unpaired) electrons. The minimum atomic E-state index is -0.870. The third kappa shape index (κ3) is 4.70. The van der Waals surface area contributed by atoms with E-state index in [0.29, 0.717) is 19.5 Å². The van der Waals surface area contributed by atoms with Crippen LogP contribution in [-0.4, -0.2) is 52.9 Å². The van der Waals surface area contributed by atoms with Crippen LogP contribution in [-0.2, 0) is 4.79 Å². The number of aliphatic carboxylic acids is 1. The van der Waals surface area contributed by atoms with Crippen LogP contribution in [0.4, 0.5) is 4.79 Å². The summed E-state index contributed by atoms with van der Waals surface area (Å²) in [6, 6.07) is -0.231. The molecule has 6 nitrogen and oxygen atoms in total. The topological polar surface area (TPSA) is 89.9 Å². The van der Waals surface area contributed by atoms with Crippen LogP contribution in [0.15, 0.2) is 0 Å². The first-order valence-electron chi connectivity index (χ1n) is 6.89. The van der Waals surface area contributed by atoms with Crippen molar-refractivity contribution in [1.82, 2.24) is 10.2 Å². The fourth-order valence-electron chi connectivity index (χ4n) is 2.35. The van der Waals surface area contributed by atoms with Gasteiger partial charge in [0.05, 0.1) is 12.0 Å². The van der Waals surface area contributed by atoms with Gasteiger partial charge >= 0.3 is 12.0 Å². The number of carbonyl (C=O) groups is 2. The van der Waals surface area contributed by atoms with E-state index in [9.17, 15) is 14.7 Å². The molecule has 3 atom stereocenters. The highest BCUT2D eigenvalue weighted by Gasteiger charge is 2.29. The van der Waals surface area contributed by atoms with E-state index in [0.717, 1.165) is 12.8 Å². The van der Waals surface area contributed by atoms with Crippen molar-refractivity contribution in [2.24, 2.45) is 11.8 Å². The predicted molar refractivity (Wildman–Crippen MR) is 70.8 cm³/mol. The van der Waals surface area contributed by atoms with E-state index in [1.807, 2.05) is 6.92 Å². The van der Waals surface area contributed by atoms with Gasteiger partial charge in [-0.15, -0.1) is 0 Å². The maximum absolute atomic E-state index is 11.9. The van der Waals surface area contributed by atoms with Crippen molar-refractivity contribution in [3.05, 3.63) is 0 Å². The Morgan fingerprint density at radius 1 is 1.47 bits per heavy atom. The van der Waals surface area contributed by atoms with Crippen LogP contribution in [0.1, 0.15) is 33.1 Å². The molecule has 110 valence electrons. The first-order valence-corrected chi connectivity index (χ1v) is 6.89. The molecule has 0 spiro atoms. The zero-order valence-electron chi connectivity index (χ0n) is 11.6. The number of amides is 2. The number of hydrogen-bond donors (Lipinski definition) is 3. The average Bonchev–Trinajstić information content (AvgIpc) is 2.83. The fourth-order valence-corrected chi connectivity index (χ4v) is 2.35. The van der Waals surface area contributed by atoms with Gasteiger partial charge in [0.25, 0.3) is 0 Å². The highest BCUT2D eigenvalue weighted by atomic mass is 16.4. The normalized spacial score (nSPS) is 22.1. The van der Waals surface area contributed by atoms with Gasteiger partial charge in [0.2, 0.25) is 0 Å². The van der Waals surface area contributed by atoms with Crippen LogP contribution in [0, 0.1) is 11.8 Å². The van der Waals surface area contributed by atoms with Crippen LogP contribution in [0.3, 0.4) is 0 Å². The standard InChI is InChI=1S/C13H24N2O4/c1-3-4-10(12(17)18)7-14-13(19)15-6-5-11(8-15)9(2)16/h9-11,16H,3-8H2,1-2H3,(H,14,19)(H,17,18). The molecular weight excluding hydrogens is 248 g/mol. The summed E-state index contributed by atoms with van der Waals surface area (Å²) in [5, 5.41) is 21.2. The third-order valence-corrected chi connectivity index (χ3v) is 3.68. The molecule has 0 aromatic heterocycles. The predicted octanol–water partition coefficient (Wildman–Crippen LogP) is 0.900. The summed E-state index contributed by atoms with van der Waals surface area (Å²) in [7, 11) is 0. The van der Waals surface area contributed by atoms with Gasteiger partial charge in [-0.2, -0.15) is 0 Å². The molecule has 1 heterocycles. The van der Waals surface area contributed by atoms with Crippen LogP contribution >= 0.6 is 0 Å². The smallest absolute Gasteiger partial charge is 0.317 e. The Labute approximate surface area is 113 Å². The second-order valence-corrected chi connectivity index (χ2v) is 5.25. The minimum Gasteiger partial charge on any atom is -0.481 e. The van der Waals surface area contributed by atoms with E-state index in [1.54, 1.807) is 11.8 Å². The highest BCUT2D eigenvalue weighted by molar-refractivity contribution is 5.76. The van der Waals surface area contributed by atoms with Crippen molar-refractivity contribution in [1.29, 1.82) is 0 Å². The van der Waals surface area contributed by atoms with Gasteiger partial charge < -0.3 is 20.4 Å². The number of carboxylic acid groups (broad SMARTS) is 1. The molecule has 1 rings (SSSR count). The van der Waals surface area contributed by atoms with E-state index in [-0.39, 0.29) is 18.5 Å². The highest BCUT2D eigenvalue weighted by Crippen LogP contribution is 2.19. The van der Waals surface area contributed by atoms with Crippen LogP contribution < -0.4 is 5.32 Å². The Morgan fingerprint density at radius 2 is 2.16 bits per heavy atom. The lowest BCUT2D eigenvalue weighted by molar-refractivity contribution is -0.141. The Kier molecular flexibility index (Phi) is 6.08. The van der Waals surface area contributed by atoms with Gasteiger partial charge in [-0.1, -0.05) is 13.3 Å². The van der Waals surface area contributed by atoms with E-state index in [4.69, 9.17) is 5.11 Å². The van der Waals surface area contributed by atoms with Crippen molar-refractivity contribution in [2.75, 3.05) is 19.6 Å². The molecule has 1 aliphatic heterocycles. The molecule has 1 saturated heterocycles. The lowest BCUT2D eigenvalue weighted by Crippen LogP contribution is -2.42. The second kappa shape index (κ2) is 7.33. The van der Waals surface area contributed by atoms with Crippen molar-refractivity contribution in [3.63, 3.8) is 0 Å². The summed E-state index contributed by atoms with van der Waals surface area (Å²) in [5.41, 5.74) is 0. The first kappa shape index (κ1) is 15.8. The van der Waals surface area contributed by atoms with E-state index < -0.39 is 18.0 Å². The number of aliphatic hydroxyl groups is 1. The Balaban J connectivity index is 2.37. The summed E-state index contributed by atoms with van der Waals surface area (Å²) in [5.74, 6) is -1.27. The van der Waals surface area contributed by atoms with Gasteiger partial charge in [-0.3, -0.25) is 4.79 Å². The number of aliphatic hydroxyl groups excluding tert-OH is 1. The number of rotatable bonds is 6. The molecule has 19 heavy (non-hydrogen) atoms. The number of nitrogens with zero attached hydrogens (tertiary/aromatic N) is 1. The summed E-state index contributed by atoms with van der Waals surface area (Å²) < 4.78 is 0. The summed E-state index contributed by atoms with van der Waals surface area (Å²) in [4.78, 5) is 24.5. The zero-order valence-corrected chi connectivity index (χ0v) is 11.6. The van der Waals surface area contributed by atoms with Crippen LogP contribution in [0.5, 0.6) is 0 Å². The van der Waals surface area contributed by atoms with Gasteiger partial charge in [0.1, 0.15) is 0 Å². The van der Waals surface area contributed by atoms with Gasteiger partial charge in [-0.05, 0) is 19.8 Å². The SMILES string of the molecule is CCCC(CNC(=O)N1CCC(C(C)O)C1)C(=O)O. The molecule has 0 saturated carbocycles. The maximum atomic E-state index is 11.9. The third-order valence-electron chi connectivity index (χ3n) is 3.68. The van der Waals surface area contributed by atoms with Crippen LogP contribution in [0.2, 0.25) is 0 Å². The summed E-state index contributed by atoms with van der Waals surface area (Å²) in [6.45, 7) is 4.97. The quantitative estimate of drug-likeness (QED) is 0.670. The Hall–Kier alpha value is -1.30. The van der Waals surface area contributed by atoms with Gasteiger partial charge in [0, 0.05) is 25.6 Å². The van der Waals surface area contributed by atoms with Gasteiger partial charge in [-0.25, -0.2) is 4.79 Å². The fraction of sp³-hybridized carbons (Fsp3) is 0.846. The number of carbonyl (C=O) groups excluding carboxylic acids is 1. The molecule has 1 fully saturated rings. The molecule has 0 aromatic carbocycles. The molecule has 6 heteroatoms. The lowest BCUT2D eigenvalue weighted by atomic mass is 10.0. The number of hydrogen-bond acceptors (Lipinski definition) is 3. The molecule has 1 aliphatic rings. The van der Waals surface area contributed by atoms with Crippen molar-refractivity contribution >= 4 is 12.0 Å².